The van der Waals surface area contributed by atoms with Crippen LogP contribution in [0.15, 0.2) is 34.8 Å². The molecule has 1 aromatic carbocycles. The van der Waals surface area contributed by atoms with Crippen LogP contribution in [0, 0.1) is 10.1 Å². The minimum Gasteiger partial charge on any atom is -0.478 e. The van der Waals surface area contributed by atoms with Gasteiger partial charge in [0.25, 0.3) is 5.69 Å². The van der Waals surface area contributed by atoms with Crippen LogP contribution in [0.1, 0.15) is 0 Å². The zero-order chi connectivity index (χ0) is 13.7. The van der Waals surface area contributed by atoms with Gasteiger partial charge in [0.15, 0.2) is 0 Å². The van der Waals surface area contributed by atoms with Crippen LogP contribution in [0.25, 0.3) is 0 Å². The molecular weight excluding hydrogens is 308 g/mol. The van der Waals surface area contributed by atoms with E-state index < -0.39 is 16.8 Å². The summed E-state index contributed by atoms with van der Waals surface area (Å²) in [6, 6.07) is 3.92. The highest BCUT2D eigenvalue weighted by atomic mass is 79.9. The molecule has 0 bridgehead atoms. The quantitative estimate of drug-likeness (QED) is 0.501. The van der Waals surface area contributed by atoms with Crippen LogP contribution in [0.3, 0.4) is 0 Å². The Hall–Kier alpha value is -2.22. The van der Waals surface area contributed by atoms with Crippen LogP contribution in [0.2, 0.25) is 0 Å². The van der Waals surface area contributed by atoms with E-state index in [1.54, 1.807) is 0 Å². The van der Waals surface area contributed by atoms with Gasteiger partial charge in [0, 0.05) is 23.9 Å². The predicted molar refractivity (Wildman–Crippen MR) is 66.2 cm³/mol. The number of anilines is 1. The molecule has 1 rings (SSSR count). The van der Waals surface area contributed by atoms with Gasteiger partial charge in [-0.1, -0.05) is 0 Å². The second kappa shape index (κ2) is 5.92. The van der Waals surface area contributed by atoms with Gasteiger partial charge < -0.3 is 10.4 Å². The van der Waals surface area contributed by atoms with Crippen LogP contribution < -0.4 is 5.32 Å². The highest BCUT2D eigenvalue weighted by molar-refractivity contribution is 9.10. The standard InChI is InChI=1S/C10H7BrN2O5/c11-7-5-6(1-2-8(7)13(17)18)12-9(14)3-4-10(15)16/h1-5H,(H,12,14)(H,15,16)/b4-3+. The third-order valence-electron chi connectivity index (χ3n) is 1.79. The minimum absolute atomic E-state index is 0.130. The summed E-state index contributed by atoms with van der Waals surface area (Å²) in [5.41, 5.74) is 0.182. The number of benzene rings is 1. The SMILES string of the molecule is O=C(O)/C=C/C(=O)Nc1ccc([N+](=O)[O-])c(Br)c1. The largest absolute Gasteiger partial charge is 0.478 e. The van der Waals surface area contributed by atoms with E-state index in [1.165, 1.54) is 18.2 Å². The van der Waals surface area contributed by atoms with Crippen molar-refractivity contribution in [3.8, 4) is 0 Å². The number of amides is 1. The van der Waals surface area contributed by atoms with Gasteiger partial charge in [-0.25, -0.2) is 4.79 Å². The molecule has 0 fully saturated rings. The molecule has 2 N–H and O–H groups in total. The van der Waals surface area contributed by atoms with E-state index in [0.29, 0.717) is 11.8 Å². The van der Waals surface area contributed by atoms with E-state index in [4.69, 9.17) is 5.11 Å². The molecule has 7 nitrogen and oxygen atoms in total. The van der Waals surface area contributed by atoms with Crippen molar-refractivity contribution in [2.24, 2.45) is 0 Å². The zero-order valence-electron chi connectivity index (χ0n) is 8.79. The normalized spacial score (nSPS) is 10.3. The first-order chi connectivity index (χ1) is 8.40. The van der Waals surface area contributed by atoms with Gasteiger partial charge in [-0.2, -0.15) is 0 Å². The summed E-state index contributed by atoms with van der Waals surface area (Å²) in [4.78, 5) is 31.4. The number of carbonyl (C=O) groups excluding carboxylic acids is 1. The van der Waals surface area contributed by atoms with E-state index in [0.717, 1.165) is 6.08 Å². The second-order valence-electron chi connectivity index (χ2n) is 3.08. The molecule has 0 saturated carbocycles. The molecule has 0 aliphatic carbocycles. The smallest absolute Gasteiger partial charge is 0.328 e. The lowest BCUT2D eigenvalue weighted by atomic mass is 10.3. The number of aliphatic carboxylic acids is 1. The third kappa shape index (κ3) is 3.98. The monoisotopic (exact) mass is 314 g/mol. The predicted octanol–water partition coefficient (Wildman–Crippen LogP) is 1.94. The molecule has 0 aromatic heterocycles. The molecule has 0 aliphatic rings. The summed E-state index contributed by atoms with van der Waals surface area (Å²) in [5, 5.41) is 21.2. The Morgan fingerprint density at radius 1 is 1.39 bits per heavy atom. The maximum atomic E-state index is 11.2. The Morgan fingerprint density at radius 2 is 2.06 bits per heavy atom. The summed E-state index contributed by atoms with van der Waals surface area (Å²) in [5.74, 6) is -1.88. The Morgan fingerprint density at radius 3 is 2.56 bits per heavy atom. The number of hydrogen-bond acceptors (Lipinski definition) is 4. The highest BCUT2D eigenvalue weighted by Gasteiger charge is 2.12. The number of hydrogen-bond donors (Lipinski definition) is 2. The van der Waals surface area contributed by atoms with E-state index in [1.807, 2.05) is 0 Å². The first-order valence-corrected chi connectivity index (χ1v) is 5.35. The van der Waals surface area contributed by atoms with Crippen molar-refractivity contribution in [2.75, 3.05) is 5.32 Å². The fourth-order valence-electron chi connectivity index (χ4n) is 1.06. The Labute approximate surface area is 109 Å². The van der Waals surface area contributed by atoms with Crippen LogP contribution in [-0.4, -0.2) is 21.9 Å². The van der Waals surface area contributed by atoms with Crippen molar-refractivity contribution in [1.29, 1.82) is 0 Å². The fourth-order valence-corrected chi connectivity index (χ4v) is 1.59. The molecule has 1 aromatic rings. The van der Waals surface area contributed by atoms with E-state index in [9.17, 15) is 19.7 Å². The van der Waals surface area contributed by atoms with Crippen LogP contribution >= 0.6 is 15.9 Å². The number of carbonyl (C=O) groups is 2. The zero-order valence-corrected chi connectivity index (χ0v) is 10.4. The van der Waals surface area contributed by atoms with Crippen molar-refractivity contribution in [3.63, 3.8) is 0 Å². The molecule has 0 radical (unpaired) electrons. The molecule has 1 amide bonds. The number of carboxylic acids is 1. The van der Waals surface area contributed by atoms with Gasteiger partial charge in [-0.05, 0) is 28.1 Å². The topological polar surface area (TPSA) is 110 Å². The van der Waals surface area contributed by atoms with Crippen LogP contribution in [0.5, 0.6) is 0 Å². The first-order valence-electron chi connectivity index (χ1n) is 4.56. The lowest BCUT2D eigenvalue weighted by Gasteiger charge is -2.02. The number of nitro benzene ring substituents is 1. The van der Waals surface area contributed by atoms with Crippen molar-refractivity contribution in [3.05, 3.63) is 44.9 Å². The molecule has 94 valence electrons. The van der Waals surface area contributed by atoms with Gasteiger partial charge in [0.1, 0.15) is 0 Å². The molecule has 0 spiro atoms. The number of halogens is 1. The van der Waals surface area contributed by atoms with Crippen molar-refractivity contribution in [2.45, 2.75) is 0 Å². The lowest BCUT2D eigenvalue weighted by molar-refractivity contribution is -0.385. The summed E-state index contributed by atoms with van der Waals surface area (Å²) < 4.78 is 0.215. The Kier molecular flexibility index (Phi) is 4.55. The van der Waals surface area contributed by atoms with Gasteiger partial charge in [0.05, 0.1) is 9.40 Å². The maximum Gasteiger partial charge on any atom is 0.328 e. The van der Waals surface area contributed by atoms with Gasteiger partial charge >= 0.3 is 5.97 Å². The molecule has 0 unspecified atom stereocenters. The van der Waals surface area contributed by atoms with E-state index >= 15 is 0 Å². The summed E-state index contributed by atoms with van der Waals surface area (Å²) in [7, 11) is 0. The fraction of sp³-hybridized carbons (Fsp3) is 0. The van der Waals surface area contributed by atoms with E-state index in [-0.39, 0.29) is 10.2 Å². The third-order valence-corrected chi connectivity index (χ3v) is 2.42. The summed E-state index contributed by atoms with van der Waals surface area (Å²) in [6.07, 6.45) is 1.54. The average Bonchev–Trinajstić information content (AvgIpc) is 2.26. The first kappa shape index (κ1) is 13.8. The van der Waals surface area contributed by atoms with Gasteiger partial charge in [-0.3, -0.25) is 14.9 Å². The summed E-state index contributed by atoms with van der Waals surface area (Å²) >= 11 is 2.99. The number of nitrogens with one attached hydrogen (secondary N) is 1. The molecule has 0 heterocycles. The van der Waals surface area contributed by atoms with Crippen molar-refractivity contribution >= 4 is 39.2 Å². The Balaban J connectivity index is 2.81. The highest BCUT2D eigenvalue weighted by Crippen LogP contribution is 2.27. The van der Waals surface area contributed by atoms with Crippen molar-refractivity contribution in [1.82, 2.24) is 0 Å². The molecular formula is C10H7BrN2O5. The molecule has 8 heteroatoms. The molecule has 0 saturated heterocycles. The Bertz CT molecular complexity index is 541. The van der Waals surface area contributed by atoms with Gasteiger partial charge in [-0.15, -0.1) is 0 Å². The molecule has 0 aliphatic heterocycles. The van der Waals surface area contributed by atoms with Crippen molar-refractivity contribution < 1.29 is 19.6 Å². The number of nitro groups is 1. The second-order valence-corrected chi connectivity index (χ2v) is 3.94. The lowest BCUT2D eigenvalue weighted by Crippen LogP contribution is -2.08. The number of nitrogens with zero attached hydrogens (tertiary/aromatic N) is 1. The number of carboxylic acid groups (broad SMARTS) is 1. The van der Waals surface area contributed by atoms with E-state index in [2.05, 4.69) is 21.2 Å². The maximum absolute atomic E-state index is 11.2. The molecule has 18 heavy (non-hydrogen) atoms. The molecule has 0 atom stereocenters. The summed E-state index contributed by atoms with van der Waals surface area (Å²) in [6.45, 7) is 0. The number of rotatable bonds is 4. The van der Waals surface area contributed by atoms with Gasteiger partial charge in [0.2, 0.25) is 5.91 Å². The van der Waals surface area contributed by atoms with Crippen LogP contribution in [0.4, 0.5) is 11.4 Å². The minimum atomic E-state index is -1.24. The van der Waals surface area contributed by atoms with Crippen LogP contribution in [-0.2, 0) is 9.59 Å². The average molecular weight is 315 g/mol.